The first-order valence-corrected chi connectivity index (χ1v) is 10.7. The Morgan fingerprint density at radius 3 is 2.35 bits per heavy atom. The number of ketones is 1. The first kappa shape index (κ1) is 23.2. The number of anilines is 1. The lowest BCUT2D eigenvalue weighted by Gasteiger charge is -2.26. The summed E-state index contributed by atoms with van der Waals surface area (Å²) in [6, 6.07) is 14.9. The van der Waals surface area contributed by atoms with Crippen LogP contribution in [0.25, 0.3) is 5.76 Å². The van der Waals surface area contributed by atoms with Gasteiger partial charge in [0.2, 0.25) is 0 Å². The molecule has 1 aliphatic rings. The van der Waals surface area contributed by atoms with Crippen LogP contribution in [-0.4, -0.2) is 23.9 Å². The summed E-state index contributed by atoms with van der Waals surface area (Å²) < 4.78 is 34.1. The van der Waals surface area contributed by atoms with Crippen LogP contribution in [-0.2, 0) is 9.59 Å². The van der Waals surface area contributed by atoms with Crippen molar-refractivity contribution in [3.8, 4) is 5.75 Å². The molecule has 1 N–H and O–H groups in total. The lowest BCUT2D eigenvalue weighted by Crippen LogP contribution is -2.30. The molecule has 34 heavy (non-hydrogen) atoms. The molecule has 1 heterocycles. The van der Waals surface area contributed by atoms with Crippen molar-refractivity contribution in [3.63, 3.8) is 0 Å². The number of methoxy groups -OCH3 is 1. The molecule has 174 valence electrons. The largest absolute Gasteiger partial charge is 0.507 e. The molecule has 5 nitrogen and oxygen atoms in total. The Morgan fingerprint density at radius 2 is 1.71 bits per heavy atom. The van der Waals surface area contributed by atoms with Gasteiger partial charge in [0.15, 0.2) is 0 Å². The zero-order chi connectivity index (χ0) is 24.6. The number of aliphatic hydroxyl groups excluding tert-OH is 1. The SMILES string of the molecule is COc1ccc(/C(O)=C2/C(=O)C(=O)N(c3cc(F)ccc3F)C2c2ccccc2)cc1C(C)C. The van der Waals surface area contributed by atoms with Crippen molar-refractivity contribution in [2.75, 3.05) is 12.0 Å². The Hall–Kier alpha value is -4.00. The molecule has 7 heteroatoms. The number of halogens is 2. The molecule has 0 aliphatic carbocycles. The fourth-order valence-corrected chi connectivity index (χ4v) is 4.19. The van der Waals surface area contributed by atoms with E-state index in [1.165, 1.54) is 7.11 Å². The van der Waals surface area contributed by atoms with Gasteiger partial charge >= 0.3 is 0 Å². The lowest BCUT2D eigenvalue weighted by molar-refractivity contribution is -0.132. The number of Topliss-reactive ketones (excluding diaryl/α,β-unsaturated/α-hetero) is 1. The van der Waals surface area contributed by atoms with E-state index in [0.29, 0.717) is 16.9 Å². The molecule has 0 bridgehead atoms. The maximum atomic E-state index is 14.7. The topological polar surface area (TPSA) is 66.8 Å². The van der Waals surface area contributed by atoms with Crippen molar-refractivity contribution in [2.45, 2.75) is 25.8 Å². The second kappa shape index (κ2) is 9.09. The van der Waals surface area contributed by atoms with E-state index in [1.807, 2.05) is 13.8 Å². The van der Waals surface area contributed by atoms with Gasteiger partial charge in [-0.3, -0.25) is 14.5 Å². The molecule has 1 amide bonds. The van der Waals surface area contributed by atoms with Gasteiger partial charge in [0.25, 0.3) is 11.7 Å². The fraction of sp³-hybridized carbons (Fsp3) is 0.185. The molecule has 0 spiro atoms. The monoisotopic (exact) mass is 463 g/mol. The molecule has 1 fully saturated rings. The first-order valence-electron chi connectivity index (χ1n) is 10.7. The van der Waals surface area contributed by atoms with Gasteiger partial charge in [0, 0.05) is 11.6 Å². The first-order chi connectivity index (χ1) is 16.2. The molecular formula is C27H23F2NO4. The predicted octanol–water partition coefficient (Wildman–Crippen LogP) is 5.72. The molecule has 1 saturated heterocycles. The van der Waals surface area contributed by atoms with Crippen LogP contribution in [0.3, 0.4) is 0 Å². The number of carbonyl (C=O) groups is 2. The summed E-state index contributed by atoms with van der Waals surface area (Å²) >= 11 is 0. The highest BCUT2D eigenvalue weighted by atomic mass is 19.1. The van der Waals surface area contributed by atoms with E-state index in [0.717, 1.165) is 28.7 Å². The summed E-state index contributed by atoms with van der Waals surface area (Å²) in [5.41, 5.74) is 0.980. The summed E-state index contributed by atoms with van der Waals surface area (Å²) in [5.74, 6) is -3.41. The van der Waals surface area contributed by atoms with Crippen LogP contribution in [0.1, 0.15) is 42.5 Å². The van der Waals surface area contributed by atoms with Crippen molar-refractivity contribution < 1.29 is 28.2 Å². The van der Waals surface area contributed by atoms with Crippen molar-refractivity contribution in [1.82, 2.24) is 0 Å². The van der Waals surface area contributed by atoms with Gasteiger partial charge < -0.3 is 9.84 Å². The maximum absolute atomic E-state index is 14.7. The maximum Gasteiger partial charge on any atom is 0.300 e. The van der Waals surface area contributed by atoms with Gasteiger partial charge in [-0.2, -0.15) is 0 Å². The molecule has 4 rings (SSSR count). The third-order valence-electron chi connectivity index (χ3n) is 5.85. The number of aliphatic hydroxyl groups is 1. The van der Waals surface area contributed by atoms with Crippen LogP contribution in [0.5, 0.6) is 5.75 Å². The van der Waals surface area contributed by atoms with E-state index in [-0.39, 0.29) is 17.2 Å². The summed E-state index contributed by atoms with van der Waals surface area (Å²) in [6.45, 7) is 3.91. The van der Waals surface area contributed by atoms with Gasteiger partial charge in [-0.1, -0.05) is 44.2 Å². The molecule has 0 saturated carbocycles. The molecule has 0 radical (unpaired) electrons. The number of hydrogen-bond donors (Lipinski definition) is 1. The Morgan fingerprint density at radius 1 is 1.00 bits per heavy atom. The lowest BCUT2D eigenvalue weighted by atomic mass is 9.93. The minimum Gasteiger partial charge on any atom is -0.507 e. The molecule has 1 unspecified atom stereocenters. The van der Waals surface area contributed by atoms with E-state index in [4.69, 9.17) is 4.74 Å². The Bertz CT molecular complexity index is 1300. The number of benzene rings is 3. The Kier molecular flexibility index (Phi) is 6.20. The fourth-order valence-electron chi connectivity index (χ4n) is 4.19. The van der Waals surface area contributed by atoms with Crippen molar-refractivity contribution in [3.05, 3.63) is 101 Å². The van der Waals surface area contributed by atoms with Crippen LogP contribution in [0.2, 0.25) is 0 Å². The Balaban J connectivity index is 1.97. The smallest absolute Gasteiger partial charge is 0.300 e. The highest BCUT2D eigenvalue weighted by molar-refractivity contribution is 6.51. The number of hydrogen-bond acceptors (Lipinski definition) is 4. The molecule has 3 aromatic rings. The van der Waals surface area contributed by atoms with Gasteiger partial charge in [0.1, 0.15) is 23.1 Å². The predicted molar refractivity (Wildman–Crippen MR) is 125 cm³/mol. The molecule has 1 aliphatic heterocycles. The Labute approximate surface area is 195 Å². The van der Waals surface area contributed by atoms with Crippen LogP contribution >= 0.6 is 0 Å². The van der Waals surface area contributed by atoms with E-state index >= 15 is 0 Å². The standard InChI is InChI=1S/C27H23F2NO4/c1-15(2)19-13-17(9-12-22(19)34-3)25(31)23-24(16-7-5-4-6-8-16)30(27(33)26(23)32)21-14-18(28)10-11-20(21)29/h4-15,24,31H,1-3H3/b25-23-. The number of nitrogens with zero attached hydrogens (tertiary/aromatic N) is 1. The summed E-state index contributed by atoms with van der Waals surface area (Å²) in [4.78, 5) is 27.2. The van der Waals surface area contributed by atoms with Crippen LogP contribution in [0.15, 0.2) is 72.3 Å². The number of amides is 1. The normalized spacial score (nSPS) is 17.5. The van der Waals surface area contributed by atoms with Gasteiger partial charge in [-0.15, -0.1) is 0 Å². The molecule has 1 atom stereocenters. The number of rotatable bonds is 5. The van der Waals surface area contributed by atoms with Gasteiger partial charge in [0.05, 0.1) is 24.4 Å². The second-order valence-electron chi connectivity index (χ2n) is 8.29. The van der Waals surface area contributed by atoms with Crippen molar-refractivity contribution in [2.24, 2.45) is 0 Å². The van der Waals surface area contributed by atoms with Crippen molar-refractivity contribution in [1.29, 1.82) is 0 Å². The average molecular weight is 463 g/mol. The summed E-state index contributed by atoms with van der Waals surface area (Å²) in [6.07, 6.45) is 0. The molecule has 3 aromatic carbocycles. The number of carbonyl (C=O) groups excluding carboxylic acids is 2. The zero-order valence-corrected chi connectivity index (χ0v) is 18.9. The summed E-state index contributed by atoms with van der Waals surface area (Å²) in [7, 11) is 1.54. The van der Waals surface area contributed by atoms with E-state index < -0.39 is 35.1 Å². The van der Waals surface area contributed by atoms with Gasteiger partial charge in [-0.25, -0.2) is 8.78 Å². The minimum atomic E-state index is -1.15. The highest BCUT2D eigenvalue weighted by Gasteiger charge is 2.47. The van der Waals surface area contributed by atoms with Gasteiger partial charge in [-0.05, 0) is 47.4 Å². The van der Waals surface area contributed by atoms with Crippen molar-refractivity contribution >= 4 is 23.1 Å². The van der Waals surface area contributed by atoms with Crippen LogP contribution < -0.4 is 9.64 Å². The molecule has 0 aromatic heterocycles. The number of ether oxygens (including phenoxy) is 1. The minimum absolute atomic E-state index is 0.0522. The summed E-state index contributed by atoms with van der Waals surface area (Å²) in [5, 5.41) is 11.3. The second-order valence-corrected chi connectivity index (χ2v) is 8.29. The van der Waals surface area contributed by atoms with Crippen LogP contribution in [0.4, 0.5) is 14.5 Å². The van der Waals surface area contributed by atoms with E-state index in [9.17, 15) is 23.5 Å². The quantitative estimate of drug-likeness (QED) is 0.298. The highest BCUT2D eigenvalue weighted by Crippen LogP contribution is 2.43. The average Bonchev–Trinajstić information content (AvgIpc) is 3.10. The van der Waals surface area contributed by atoms with E-state index in [1.54, 1.807) is 48.5 Å². The molecular weight excluding hydrogens is 440 g/mol. The van der Waals surface area contributed by atoms with Crippen LogP contribution in [0, 0.1) is 11.6 Å². The third kappa shape index (κ3) is 3.94. The third-order valence-corrected chi connectivity index (χ3v) is 5.85. The van der Waals surface area contributed by atoms with E-state index in [2.05, 4.69) is 0 Å². The zero-order valence-electron chi connectivity index (χ0n) is 18.9.